The molecule has 1 heterocycles. The number of nitrogens with zero attached hydrogens (tertiary/aromatic N) is 3. The number of thioether (sulfide) groups is 1. The molecule has 2 aromatic rings. The first kappa shape index (κ1) is 16.5. The molecule has 118 valence electrons. The van der Waals surface area contributed by atoms with E-state index in [1.54, 1.807) is 13.4 Å². The van der Waals surface area contributed by atoms with E-state index in [0.29, 0.717) is 25.4 Å². The second-order valence-electron chi connectivity index (χ2n) is 4.67. The van der Waals surface area contributed by atoms with Crippen molar-refractivity contribution in [2.24, 2.45) is 0 Å². The van der Waals surface area contributed by atoms with Gasteiger partial charge in [0.25, 0.3) is 0 Å². The van der Waals surface area contributed by atoms with E-state index in [4.69, 9.17) is 4.74 Å². The minimum absolute atomic E-state index is 0.00206. The number of rotatable bonds is 9. The summed E-state index contributed by atoms with van der Waals surface area (Å²) in [5, 5.41) is 11.5. The molecule has 0 bridgehead atoms. The summed E-state index contributed by atoms with van der Waals surface area (Å²) in [6.45, 7) is 1.91. The van der Waals surface area contributed by atoms with Crippen molar-refractivity contribution >= 4 is 17.7 Å². The summed E-state index contributed by atoms with van der Waals surface area (Å²) in [6, 6.07) is 10.1. The van der Waals surface area contributed by atoms with Gasteiger partial charge in [-0.2, -0.15) is 0 Å². The molecule has 1 amide bonds. The largest absolute Gasteiger partial charge is 0.383 e. The molecule has 1 N–H and O–H groups in total. The average molecular weight is 320 g/mol. The van der Waals surface area contributed by atoms with Crippen molar-refractivity contribution in [1.29, 1.82) is 0 Å². The lowest BCUT2D eigenvalue weighted by Crippen LogP contribution is -2.27. The third kappa shape index (κ3) is 5.50. The van der Waals surface area contributed by atoms with Crippen LogP contribution in [0.1, 0.15) is 5.56 Å². The Labute approximate surface area is 134 Å². The highest BCUT2D eigenvalue weighted by atomic mass is 32.2. The predicted octanol–water partition coefficient (Wildman–Crippen LogP) is 1.38. The van der Waals surface area contributed by atoms with Gasteiger partial charge in [-0.1, -0.05) is 42.1 Å². The number of methoxy groups -OCH3 is 1. The van der Waals surface area contributed by atoms with E-state index in [9.17, 15) is 4.79 Å². The number of carbonyl (C=O) groups excluding carboxylic acids is 1. The fraction of sp³-hybridized carbons (Fsp3) is 0.400. The van der Waals surface area contributed by atoms with Crippen LogP contribution in [0.2, 0.25) is 0 Å². The number of aromatic nitrogens is 3. The molecule has 0 aliphatic heterocycles. The second-order valence-corrected chi connectivity index (χ2v) is 5.62. The zero-order chi connectivity index (χ0) is 15.6. The first-order valence-electron chi connectivity index (χ1n) is 7.10. The van der Waals surface area contributed by atoms with Crippen molar-refractivity contribution in [2.75, 3.05) is 26.0 Å². The molecule has 0 atom stereocenters. The Hall–Kier alpha value is -1.86. The molecular weight excluding hydrogens is 300 g/mol. The summed E-state index contributed by atoms with van der Waals surface area (Å²) in [5.41, 5.74) is 1.22. The summed E-state index contributed by atoms with van der Waals surface area (Å²) in [7, 11) is 1.65. The smallest absolute Gasteiger partial charge is 0.230 e. The number of amides is 1. The van der Waals surface area contributed by atoms with E-state index in [0.717, 1.165) is 11.6 Å². The molecule has 1 aromatic carbocycles. The van der Waals surface area contributed by atoms with Gasteiger partial charge in [-0.05, 0) is 12.0 Å². The third-order valence-corrected chi connectivity index (χ3v) is 4.01. The standard InChI is InChI=1S/C15H20N4O2S/c1-21-10-9-19-12-17-18-15(19)22-11-14(20)16-8-7-13-5-3-2-4-6-13/h2-6,12H,7-11H2,1H3,(H,16,20). The monoisotopic (exact) mass is 320 g/mol. The molecule has 0 spiro atoms. The van der Waals surface area contributed by atoms with Gasteiger partial charge < -0.3 is 14.6 Å². The average Bonchev–Trinajstić information content (AvgIpc) is 2.99. The first-order valence-corrected chi connectivity index (χ1v) is 8.08. The molecule has 0 saturated carbocycles. The molecule has 0 aliphatic carbocycles. The van der Waals surface area contributed by atoms with Gasteiger partial charge in [0.05, 0.1) is 12.4 Å². The highest BCUT2D eigenvalue weighted by molar-refractivity contribution is 7.99. The number of hydrogen-bond acceptors (Lipinski definition) is 5. The molecule has 2 rings (SSSR count). The molecule has 0 fully saturated rings. The van der Waals surface area contributed by atoms with Gasteiger partial charge >= 0.3 is 0 Å². The first-order chi connectivity index (χ1) is 10.8. The molecule has 7 heteroatoms. The minimum Gasteiger partial charge on any atom is -0.383 e. The Balaban J connectivity index is 1.68. The number of ether oxygens (including phenoxy) is 1. The molecule has 1 aromatic heterocycles. The van der Waals surface area contributed by atoms with Crippen LogP contribution < -0.4 is 5.32 Å². The lowest BCUT2D eigenvalue weighted by molar-refractivity contribution is -0.118. The van der Waals surface area contributed by atoms with Gasteiger partial charge in [0.15, 0.2) is 5.16 Å². The van der Waals surface area contributed by atoms with Gasteiger partial charge in [0.1, 0.15) is 6.33 Å². The Morgan fingerprint density at radius 1 is 1.36 bits per heavy atom. The lowest BCUT2D eigenvalue weighted by atomic mass is 10.1. The predicted molar refractivity (Wildman–Crippen MR) is 85.8 cm³/mol. The summed E-state index contributed by atoms with van der Waals surface area (Å²) < 4.78 is 6.91. The van der Waals surface area contributed by atoms with E-state index in [1.807, 2.05) is 22.8 Å². The van der Waals surface area contributed by atoms with Crippen molar-refractivity contribution < 1.29 is 9.53 Å². The fourth-order valence-corrected chi connectivity index (χ4v) is 2.64. The lowest BCUT2D eigenvalue weighted by Gasteiger charge is -2.06. The highest BCUT2D eigenvalue weighted by Crippen LogP contribution is 2.13. The Morgan fingerprint density at radius 2 is 2.18 bits per heavy atom. The van der Waals surface area contributed by atoms with Crippen molar-refractivity contribution in [1.82, 2.24) is 20.1 Å². The zero-order valence-corrected chi connectivity index (χ0v) is 13.4. The second kappa shape index (κ2) is 9.22. The number of nitrogens with one attached hydrogen (secondary N) is 1. The van der Waals surface area contributed by atoms with Crippen LogP contribution in [0.4, 0.5) is 0 Å². The Kier molecular flexibility index (Phi) is 6.92. The van der Waals surface area contributed by atoms with Crippen LogP contribution in [0.25, 0.3) is 0 Å². The highest BCUT2D eigenvalue weighted by Gasteiger charge is 2.08. The van der Waals surface area contributed by atoms with Crippen molar-refractivity contribution in [2.45, 2.75) is 18.1 Å². The third-order valence-electron chi connectivity index (χ3n) is 3.03. The number of benzene rings is 1. The maximum atomic E-state index is 11.8. The molecule has 0 saturated heterocycles. The summed E-state index contributed by atoms with van der Waals surface area (Å²) in [6.07, 6.45) is 2.48. The fourth-order valence-electron chi connectivity index (χ4n) is 1.87. The minimum atomic E-state index is 0.00206. The molecule has 0 unspecified atom stereocenters. The SMILES string of the molecule is COCCn1cnnc1SCC(=O)NCCc1ccccc1. The maximum Gasteiger partial charge on any atom is 0.230 e. The van der Waals surface area contributed by atoms with Crippen LogP contribution in [0.3, 0.4) is 0 Å². The van der Waals surface area contributed by atoms with Gasteiger partial charge in [-0.3, -0.25) is 4.79 Å². The van der Waals surface area contributed by atoms with Gasteiger partial charge in [-0.25, -0.2) is 0 Å². The van der Waals surface area contributed by atoms with Crippen LogP contribution in [-0.2, 0) is 22.5 Å². The topological polar surface area (TPSA) is 69.0 Å². The summed E-state index contributed by atoms with van der Waals surface area (Å²) in [5.74, 6) is 0.336. The van der Waals surface area contributed by atoms with Crippen molar-refractivity contribution in [3.05, 3.63) is 42.2 Å². The molecule has 0 aliphatic rings. The van der Waals surface area contributed by atoms with E-state index in [1.165, 1.54) is 17.3 Å². The zero-order valence-electron chi connectivity index (χ0n) is 12.6. The quantitative estimate of drug-likeness (QED) is 0.707. The number of carbonyl (C=O) groups is 1. The molecule has 22 heavy (non-hydrogen) atoms. The van der Waals surface area contributed by atoms with Crippen LogP contribution >= 0.6 is 11.8 Å². The van der Waals surface area contributed by atoms with Crippen LogP contribution in [0.15, 0.2) is 41.8 Å². The summed E-state index contributed by atoms with van der Waals surface area (Å²) in [4.78, 5) is 11.8. The van der Waals surface area contributed by atoms with Crippen molar-refractivity contribution in [3.8, 4) is 0 Å². The molecular formula is C15H20N4O2S. The van der Waals surface area contributed by atoms with Crippen LogP contribution in [0, 0.1) is 0 Å². The Bertz CT molecular complexity index is 574. The summed E-state index contributed by atoms with van der Waals surface area (Å²) >= 11 is 1.38. The molecule has 0 radical (unpaired) electrons. The van der Waals surface area contributed by atoms with Crippen LogP contribution in [0.5, 0.6) is 0 Å². The van der Waals surface area contributed by atoms with Crippen LogP contribution in [-0.4, -0.2) is 46.7 Å². The normalized spacial score (nSPS) is 10.6. The van der Waals surface area contributed by atoms with E-state index in [2.05, 4.69) is 27.6 Å². The van der Waals surface area contributed by atoms with Crippen molar-refractivity contribution in [3.63, 3.8) is 0 Å². The van der Waals surface area contributed by atoms with E-state index in [-0.39, 0.29) is 5.91 Å². The Morgan fingerprint density at radius 3 is 2.95 bits per heavy atom. The maximum absolute atomic E-state index is 11.8. The van der Waals surface area contributed by atoms with E-state index < -0.39 is 0 Å². The van der Waals surface area contributed by atoms with Gasteiger partial charge in [0.2, 0.25) is 5.91 Å². The van der Waals surface area contributed by atoms with Gasteiger partial charge in [-0.15, -0.1) is 10.2 Å². The number of hydrogen-bond donors (Lipinski definition) is 1. The van der Waals surface area contributed by atoms with E-state index >= 15 is 0 Å². The van der Waals surface area contributed by atoms with Gasteiger partial charge in [0, 0.05) is 20.2 Å². The molecule has 6 nitrogen and oxygen atoms in total.